The molecule has 1 aromatic rings. The van der Waals surface area contributed by atoms with Crippen molar-refractivity contribution in [2.75, 3.05) is 14.0 Å². The van der Waals surface area contributed by atoms with Crippen molar-refractivity contribution in [3.05, 3.63) is 35.4 Å². The Morgan fingerprint density at radius 2 is 1.81 bits per heavy atom. The van der Waals surface area contributed by atoms with Crippen molar-refractivity contribution < 1.29 is 8.60 Å². The summed E-state index contributed by atoms with van der Waals surface area (Å²) in [4.78, 5) is 0. The Morgan fingerprint density at radius 1 is 1.19 bits per heavy atom. The fraction of sp³-hybridized carbons (Fsp3) is 0.600. The average molecular weight is 223 g/mol. The first-order chi connectivity index (χ1) is 8.59. The lowest BCUT2D eigenvalue weighted by atomic mass is 9.96. The molecule has 1 rings (SSSR count). The number of benzene rings is 1. The highest BCUT2D eigenvalue weighted by molar-refractivity contribution is 5.29. The second kappa shape index (κ2) is 5.01. The molecule has 90 valence electrons. The van der Waals surface area contributed by atoms with Crippen LogP contribution in [0.1, 0.15) is 48.9 Å². The summed E-state index contributed by atoms with van der Waals surface area (Å²) in [5, 5.41) is 0. The lowest BCUT2D eigenvalue weighted by Crippen LogP contribution is -2.45. The molecule has 1 nitrogen and oxygen atoms in total. The largest absolute Gasteiger partial charge is 0.323 e. The minimum Gasteiger partial charge on any atom is -0.323 e. The van der Waals surface area contributed by atoms with Crippen LogP contribution in [-0.2, 0) is 6.54 Å². The third-order valence-electron chi connectivity index (χ3n) is 3.32. The molecule has 0 N–H and O–H groups in total. The van der Waals surface area contributed by atoms with E-state index in [-0.39, 0.29) is 10.5 Å². The van der Waals surface area contributed by atoms with Crippen LogP contribution >= 0.6 is 0 Å². The Labute approximate surface area is 105 Å². The van der Waals surface area contributed by atoms with Crippen LogP contribution in [0.3, 0.4) is 0 Å². The molecule has 1 unspecified atom stereocenters. The fourth-order valence-electron chi connectivity index (χ4n) is 1.78. The molecule has 0 saturated carbocycles. The summed E-state index contributed by atoms with van der Waals surface area (Å²) in [5.41, 5.74) is 2.39. The number of hydrogen-bond acceptors (Lipinski definition) is 0. The smallest absolute Gasteiger partial charge is 0.104 e. The molecular formula is C15H26N+. The Kier molecular flexibility index (Phi) is 2.89. The first-order valence-corrected chi connectivity index (χ1v) is 6.02. The van der Waals surface area contributed by atoms with E-state index in [1.54, 1.807) is 0 Å². The van der Waals surface area contributed by atoms with Crippen LogP contribution in [0.5, 0.6) is 0 Å². The van der Waals surface area contributed by atoms with E-state index in [0.717, 1.165) is 5.56 Å². The van der Waals surface area contributed by atoms with Gasteiger partial charge in [-0.1, -0.05) is 38.1 Å². The minimum atomic E-state index is -2.00. The molecule has 0 radical (unpaired) electrons. The molecule has 16 heavy (non-hydrogen) atoms. The molecule has 0 spiro atoms. The molecule has 0 aliphatic rings. The molecule has 0 aromatic heterocycles. The van der Waals surface area contributed by atoms with Crippen LogP contribution in [0, 0.1) is 0 Å². The second-order valence-corrected chi connectivity index (χ2v) is 5.37. The molecular weight excluding hydrogens is 194 g/mol. The molecule has 0 fully saturated rings. The molecule has 1 aromatic carbocycles. The molecule has 0 saturated heterocycles. The van der Waals surface area contributed by atoms with Crippen molar-refractivity contribution >= 4 is 0 Å². The van der Waals surface area contributed by atoms with Crippen molar-refractivity contribution in [1.82, 2.24) is 0 Å². The van der Waals surface area contributed by atoms with E-state index < -0.39 is 6.98 Å². The summed E-state index contributed by atoms with van der Waals surface area (Å²) < 4.78 is 23.6. The summed E-state index contributed by atoms with van der Waals surface area (Å²) in [5.74, 6) is 0.411. The third-order valence-corrected chi connectivity index (χ3v) is 3.32. The number of rotatable bonds is 4. The van der Waals surface area contributed by atoms with Crippen LogP contribution in [0.25, 0.3) is 0 Å². The predicted molar refractivity (Wildman–Crippen MR) is 71.5 cm³/mol. The first-order valence-electron chi connectivity index (χ1n) is 7.52. The zero-order valence-corrected chi connectivity index (χ0v) is 11.1. The quantitative estimate of drug-likeness (QED) is 0.681. The van der Waals surface area contributed by atoms with Gasteiger partial charge in [-0.2, -0.15) is 0 Å². The predicted octanol–water partition coefficient (Wildman–Crippen LogP) is 3.79. The standard InChI is InChI=1S/C15H26N/c1-12(2)15-10-8-7-9-14(15)11-16(5,6)13(3)4/h7-10,12-13H,11H2,1-6H3/q+1/i5D3. The van der Waals surface area contributed by atoms with Gasteiger partial charge in [0.1, 0.15) is 6.54 Å². The molecule has 0 bridgehead atoms. The van der Waals surface area contributed by atoms with E-state index >= 15 is 0 Å². The molecule has 0 aliphatic heterocycles. The van der Waals surface area contributed by atoms with Crippen LogP contribution in [-0.4, -0.2) is 24.5 Å². The van der Waals surface area contributed by atoms with Gasteiger partial charge in [0, 0.05) is 5.56 Å². The SMILES string of the molecule is [2H]C([2H])([2H])[N+](C)(Cc1ccccc1C(C)C)C(C)C. The Bertz CT molecular complexity index is 424. The molecule has 0 aliphatic carbocycles. The summed E-state index contributed by atoms with van der Waals surface area (Å²) >= 11 is 0. The van der Waals surface area contributed by atoms with Gasteiger partial charge in [0.2, 0.25) is 0 Å². The zero-order valence-electron chi connectivity index (χ0n) is 14.1. The van der Waals surface area contributed by atoms with Gasteiger partial charge >= 0.3 is 0 Å². The maximum absolute atomic E-state index is 7.85. The molecule has 1 heteroatoms. The van der Waals surface area contributed by atoms with E-state index in [1.807, 2.05) is 33.0 Å². The number of quaternary nitrogens is 1. The monoisotopic (exact) mass is 223 g/mol. The highest BCUT2D eigenvalue weighted by atomic mass is 15.3. The molecule has 0 heterocycles. The maximum Gasteiger partial charge on any atom is 0.104 e. The Balaban J connectivity index is 3.19. The van der Waals surface area contributed by atoms with Gasteiger partial charge in [0.05, 0.1) is 24.2 Å². The lowest BCUT2D eigenvalue weighted by molar-refractivity contribution is -0.924. The van der Waals surface area contributed by atoms with Gasteiger partial charge in [0.15, 0.2) is 0 Å². The Hall–Kier alpha value is -0.820. The van der Waals surface area contributed by atoms with Crippen LogP contribution in [0.2, 0.25) is 0 Å². The van der Waals surface area contributed by atoms with Crippen molar-refractivity contribution in [2.45, 2.75) is 46.2 Å². The topological polar surface area (TPSA) is 0 Å². The Morgan fingerprint density at radius 3 is 2.31 bits per heavy atom. The summed E-state index contributed by atoms with van der Waals surface area (Å²) in [6.07, 6.45) is 0. The van der Waals surface area contributed by atoms with Gasteiger partial charge < -0.3 is 4.48 Å². The van der Waals surface area contributed by atoms with E-state index in [9.17, 15) is 0 Å². The summed E-state index contributed by atoms with van der Waals surface area (Å²) in [6.45, 7) is 6.79. The summed E-state index contributed by atoms with van der Waals surface area (Å²) in [6, 6.07) is 8.22. The lowest BCUT2D eigenvalue weighted by Gasteiger charge is -2.35. The van der Waals surface area contributed by atoms with Crippen LogP contribution in [0.4, 0.5) is 0 Å². The van der Waals surface area contributed by atoms with E-state index in [0.29, 0.717) is 12.5 Å². The van der Waals surface area contributed by atoms with Crippen molar-refractivity contribution in [3.63, 3.8) is 0 Å². The third kappa shape index (κ3) is 3.08. The fourth-order valence-corrected chi connectivity index (χ4v) is 1.78. The first kappa shape index (κ1) is 9.23. The minimum absolute atomic E-state index is 0.0488. The average Bonchev–Trinajstić information content (AvgIpc) is 2.27. The highest BCUT2D eigenvalue weighted by Gasteiger charge is 2.21. The van der Waals surface area contributed by atoms with Gasteiger partial charge in [-0.05, 0) is 25.3 Å². The second-order valence-electron chi connectivity index (χ2n) is 5.37. The summed E-state index contributed by atoms with van der Waals surface area (Å²) in [7, 11) is 1.83. The molecule has 0 amide bonds. The zero-order chi connectivity index (χ0) is 14.8. The number of hydrogen-bond donors (Lipinski definition) is 0. The van der Waals surface area contributed by atoms with E-state index in [1.165, 1.54) is 5.56 Å². The van der Waals surface area contributed by atoms with Crippen LogP contribution in [0.15, 0.2) is 24.3 Å². The van der Waals surface area contributed by atoms with Gasteiger partial charge in [-0.25, -0.2) is 0 Å². The van der Waals surface area contributed by atoms with Gasteiger partial charge in [-0.3, -0.25) is 0 Å². The van der Waals surface area contributed by atoms with Crippen molar-refractivity contribution in [3.8, 4) is 0 Å². The molecule has 1 atom stereocenters. The van der Waals surface area contributed by atoms with Crippen molar-refractivity contribution in [2.24, 2.45) is 0 Å². The highest BCUT2D eigenvalue weighted by Crippen LogP contribution is 2.23. The van der Waals surface area contributed by atoms with E-state index in [4.69, 9.17) is 4.11 Å². The number of nitrogens with zero attached hydrogens (tertiary/aromatic N) is 1. The van der Waals surface area contributed by atoms with E-state index in [2.05, 4.69) is 26.0 Å². The van der Waals surface area contributed by atoms with Crippen molar-refractivity contribution in [1.29, 1.82) is 0 Å². The normalized spacial score (nSPS) is 19.1. The van der Waals surface area contributed by atoms with Gasteiger partial charge in [0.25, 0.3) is 0 Å². The van der Waals surface area contributed by atoms with Gasteiger partial charge in [-0.15, -0.1) is 0 Å². The maximum atomic E-state index is 7.85. The van der Waals surface area contributed by atoms with Crippen LogP contribution < -0.4 is 0 Å².